The zero-order valence-electron chi connectivity index (χ0n) is 11.1. The number of hydrogen-bond donors (Lipinski definition) is 2. The number of aryl methyl sites for hydroxylation is 2. The Hall–Kier alpha value is -2.03. The van der Waals surface area contributed by atoms with Gasteiger partial charge in [0.1, 0.15) is 5.82 Å². The van der Waals surface area contributed by atoms with E-state index in [1.807, 2.05) is 18.3 Å². The van der Waals surface area contributed by atoms with Gasteiger partial charge in [-0.1, -0.05) is 6.07 Å². The highest BCUT2D eigenvalue weighted by Crippen LogP contribution is 2.20. The largest absolute Gasteiger partial charge is 0.370 e. The fraction of sp³-hybridized carbons (Fsp3) is 0.267. The van der Waals surface area contributed by atoms with E-state index >= 15 is 0 Å². The van der Waals surface area contributed by atoms with Crippen LogP contribution in [0.3, 0.4) is 0 Å². The zero-order chi connectivity index (χ0) is 13.0. The van der Waals surface area contributed by atoms with E-state index in [-0.39, 0.29) is 0 Å². The Balaban J connectivity index is 2.20. The third-order valence-electron chi connectivity index (χ3n) is 2.63. The summed E-state index contributed by atoms with van der Waals surface area (Å²) >= 11 is 0. The molecule has 1 aromatic carbocycles. The second kappa shape index (κ2) is 5.54. The normalized spacial score (nSPS) is 10.2. The van der Waals surface area contributed by atoms with Crippen LogP contribution in [0.25, 0.3) is 0 Å². The molecule has 94 valence electrons. The minimum absolute atomic E-state index is 0.875. The highest BCUT2D eigenvalue weighted by molar-refractivity contribution is 5.63. The molecule has 18 heavy (non-hydrogen) atoms. The number of pyridine rings is 1. The van der Waals surface area contributed by atoms with Gasteiger partial charge in [-0.2, -0.15) is 0 Å². The summed E-state index contributed by atoms with van der Waals surface area (Å²) in [4.78, 5) is 4.25. The van der Waals surface area contributed by atoms with E-state index in [1.54, 1.807) is 0 Å². The van der Waals surface area contributed by atoms with Crippen molar-refractivity contribution in [3.05, 3.63) is 47.7 Å². The lowest BCUT2D eigenvalue weighted by Gasteiger charge is -2.10. The number of rotatable bonds is 4. The van der Waals surface area contributed by atoms with Crippen molar-refractivity contribution in [2.24, 2.45) is 0 Å². The van der Waals surface area contributed by atoms with Crippen molar-refractivity contribution in [1.29, 1.82) is 0 Å². The van der Waals surface area contributed by atoms with Crippen molar-refractivity contribution in [3.8, 4) is 0 Å². The number of benzene rings is 1. The predicted molar refractivity (Wildman–Crippen MR) is 77.6 cm³/mol. The summed E-state index contributed by atoms with van der Waals surface area (Å²) in [5.74, 6) is 0.895. The van der Waals surface area contributed by atoms with Gasteiger partial charge in [-0.15, -0.1) is 0 Å². The molecule has 2 aromatic rings. The first-order valence-corrected chi connectivity index (χ1v) is 6.22. The average molecular weight is 241 g/mol. The second-order valence-corrected chi connectivity index (χ2v) is 4.46. The van der Waals surface area contributed by atoms with Crippen LogP contribution in [-0.4, -0.2) is 11.5 Å². The Labute approximate surface area is 108 Å². The fourth-order valence-electron chi connectivity index (χ4n) is 2.00. The fourth-order valence-corrected chi connectivity index (χ4v) is 2.00. The summed E-state index contributed by atoms with van der Waals surface area (Å²) in [5, 5.41) is 6.61. The predicted octanol–water partition coefficient (Wildman–Crippen LogP) is 3.87. The number of nitrogens with zero attached hydrogens (tertiary/aromatic N) is 1. The summed E-state index contributed by atoms with van der Waals surface area (Å²) in [7, 11) is 0. The molecule has 0 aliphatic rings. The molecule has 0 aliphatic carbocycles. The van der Waals surface area contributed by atoms with Crippen molar-refractivity contribution >= 4 is 17.2 Å². The van der Waals surface area contributed by atoms with Crippen molar-refractivity contribution in [3.63, 3.8) is 0 Å². The molecule has 2 N–H and O–H groups in total. The van der Waals surface area contributed by atoms with Gasteiger partial charge in [0.2, 0.25) is 0 Å². The van der Waals surface area contributed by atoms with E-state index < -0.39 is 0 Å². The summed E-state index contributed by atoms with van der Waals surface area (Å²) in [5.41, 5.74) is 4.68. The highest BCUT2D eigenvalue weighted by atomic mass is 15.0. The number of hydrogen-bond acceptors (Lipinski definition) is 3. The molecule has 0 amide bonds. The maximum absolute atomic E-state index is 4.25. The van der Waals surface area contributed by atoms with Gasteiger partial charge in [-0.25, -0.2) is 4.98 Å². The second-order valence-electron chi connectivity index (χ2n) is 4.46. The Kier molecular flexibility index (Phi) is 3.82. The third kappa shape index (κ3) is 3.23. The van der Waals surface area contributed by atoms with E-state index in [9.17, 15) is 0 Å². The minimum atomic E-state index is 0.875. The summed E-state index contributed by atoms with van der Waals surface area (Å²) in [6.45, 7) is 7.15. The van der Waals surface area contributed by atoms with Crippen molar-refractivity contribution < 1.29 is 0 Å². The smallest absolute Gasteiger partial charge is 0.127 e. The van der Waals surface area contributed by atoms with Gasteiger partial charge in [0.05, 0.1) is 0 Å². The Morgan fingerprint density at radius 2 is 1.72 bits per heavy atom. The Morgan fingerprint density at radius 1 is 1.00 bits per heavy atom. The Bertz CT molecular complexity index is 515. The van der Waals surface area contributed by atoms with Crippen LogP contribution < -0.4 is 10.6 Å². The van der Waals surface area contributed by atoms with Crippen molar-refractivity contribution in [2.45, 2.75) is 20.8 Å². The van der Waals surface area contributed by atoms with E-state index in [2.05, 4.69) is 54.6 Å². The van der Waals surface area contributed by atoms with E-state index in [0.717, 1.165) is 23.7 Å². The quantitative estimate of drug-likeness (QED) is 0.853. The monoisotopic (exact) mass is 241 g/mol. The van der Waals surface area contributed by atoms with E-state index in [1.165, 1.54) is 11.1 Å². The molecule has 0 bridgehead atoms. The molecule has 0 fully saturated rings. The molecule has 0 radical (unpaired) electrons. The Morgan fingerprint density at radius 3 is 2.39 bits per heavy atom. The van der Waals surface area contributed by atoms with Crippen LogP contribution in [0.1, 0.15) is 18.1 Å². The molecule has 0 saturated carbocycles. The maximum Gasteiger partial charge on any atom is 0.127 e. The SMILES string of the molecule is CCNc1cc(Nc2cc(C)cc(C)c2)ccn1. The lowest BCUT2D eigenvalue weighted by atomic mass is 10.1. The van der Waals surface area contributed by atoms with Gasteiger partial charge in [-0.05, 0) is 50.1 Å². The van der Waals surface area contributed by atoms with Crippen LogP contribution >= 0.6 is 0 Å². The molecular weight excluding hydrogens is 222 g/mol. The van der Waals surface area contributed by atoms with E-state index in [0.29, 0.717) is 0 Å². The first kappa shape index (κ1) is 12.4. The average Bonchev–Trinajstić information content (AvgIpc) is 2.28. The van der Waals surface area contributed by atoms with Gasteiger partial charge < -0.3 is 10.6 Å². The third-order valence-corrected chi connectivity index (χ3v) is 2.63. The van der Waals surface area contributed by atoms with Gasteiger partial charge in [0.25, 0.3) is 0 Å². The first-order chi connectivity index (χ1) is 8.67. The summed E-state index contributed by atoms with van der Waals surface area (Å²) in [6, 6.07) is 10.4. The first-order valence-electron chi connectivity index (χ1n) is 6.22. The lowest BCUT2D eigenvalue weighted by Crippen LogP contribution is -2.00. The summed E-state index contributed by atoms with van der Waals surface area (Å²) in [6.07, 6.45) is 1.81. The number of nitrogens with one attached hydrogen (secondary N) is 2. The molecule has 1 heterocycles. The molecule has 2 rings (SSSR count). The molecule has 0 unspecified atom stereocenters. The van der Waals surface area contributed by atoms with Gasteiger partial charge in [0, 0.05) is 30.2 Å². The minimum Gasteiger partial charge on any atom is -0.370 e. The van der Waals surface area contributed by atoms with Crippen LogP contribution in [0.5, 0.6) is 0 Å². The molecule has 0 aliphatic heterocycles. The van der Waals surface area contributed by atoms with Gasteiger partial charge in [0.15, 0.2) is 0 Å². The van der Waals surface area contributed by atoms with Crippen LogP contribution in [0.2, 0.25) is 0 Å². The van der Waals surface area contributed by atoms with Gasteiger partial charge >= 0.3 is 0 Å². The molecule has 0 spiro atoms. The zero-order valence-corrected chi connectivity index (χ0v) is 11.1. The molecular formula is C15H19N3. The molecule has 3 heteroatoms. The molecule has 1 aromatic heterocycles. The number of anilines is 3. The van der Waals surface area contributed by atoms with Crippen LogP contribution in [0, 0.1) is 13.8 Å². The lowest BCUT2D eigenvalue weighted by molar-refractivity contribution is 1.16. The van der Waals surface area contributed by atoms with Crippen LogP contribution in [0.4, 0.5) is 17.2 Å². The van der Waals surface area contributed by atoms with Crippen LogP contribution in [-0.2, 0) is 0 Å². The number of aromatic nitrogens is 1. The molecule has 0 atom stereocenters. The van der Waals surface area contributed by atoms with Crippen molar-refractivity contribution in [2.75, 3.05) is 17.2 Å². The van der Waals surface area contributed by atoms with Gasteiger partial charge in [-0.3, -0.25) is 0 Å². The topological polar surface area (TPSA) is 37.0 Å². The summed E-state index contributed by atoms with van der Waals surface area (Å²) < 4.78 is 0. The van der Waals surface area contributed by atoms with Crippen LogP contribution in [0.15, 0.2) is 36.5 Å². The highest BCUT2D eigenvalue weighted by Gasteiger charge is 1.99. The maximum atomic E-state index is 4.25. The molecule has 3 nitrogen and oxygen atoms in total. The van der Waals surface area contributed by atoms with E-state index in [4.69, 9.17) is 0 Å². The standard InChI is InChI=1S/C15H19N3/c1-4-16-15-10-13(5-6-17-15)18-14-8-11(2)7-12(3)9-14/h5-10H,4H2,1-3H3,(H2,16,17,18). The molecule has 0 saturated heterocycles. The van der Waals surface area contributed by atoms with Crippen molar-refractivity contribution in [1.82, 2.24) is 4.98 Å².